The van der Waals surface area contributed by atoms with Crippen molar-refractivity contribution in [1.29, 1.82) is 0 Å². The van der Waals surface area contributed by atoms with Crippen molar-refractivity contribution in [2.24, 2.45) is 5.41 Å². The highest BCUT2D eigenvalue weighted by molar-refractivity contribution is 6.32. The molecule has 0 radical (unpaired) electrons. The van der Waals surface area contributed by atoms with Crippen molar-refractivity contribution in [3.05, 3.63) is 28.8 Å². The van der Waals surface area contributed by atoms with Gasteiger partial charge < -0.3 is 19.3 Å². The van der Waals surface area contributed by atoms with E-state index in [1.165, 1.54) is 13.2 Å². The minimum Gasteiger partial charge on any atom is -0.491 e. The van der Waals surface area contributed by atoms with Gasteiger partial charge in [0.25, 0.3) is 0 Å². The Labute approximate surface area is 122 Å². The molecule has 0 bridgehead atoms. The highest BCUT2D eigenvalue weighted by Gasteiger charge is 2.34. The van der Waals surface area contributed by atoms with Crippen molar-refractivity contribution in [3.63, 3.8) is 0 Å². The first kappa shape index (κ1) is 15.1. The molecule has 0 amide bonds. The van der Waals surface area contributed by atoms with Gasteiger partial charge in [-0.25, -0.2) is 4.79 Å². The van der Waals surface area contributed by atoms with Crippen LogP contribution in [-0.2, 0) is 14.3 Å². The zero-order chi connectivity index (χ0) is 14.8. The lowest BCUT2D eigenvalue weighted by Crippen LogP contribution is -2.44. The van der Waals surface area contributed by atoms with Gasteiger partial charge in [0, 0.05) is 5.41 Å². The number of hydrogen-bond donors (Lipinski definition) is 1. The van der Waals surface area contributed by atoms with E-state index in [1.54, 1.807) is 12.1 Å². The van der Waals surface area contributed by atoms with Crippen LogP contribution in [-0.4, -0.2) is 38.0 Å². The third-order valence-corrected chi connectivity index (χ3v) is 3.47. The molecule has 1 N–H and O–H groups in total. The Kier molecular flexibility index (Phi) is 4.52. The molecule has 110 valence electrons. The Bertz CT molecular complexity index is 498. The van der Waals surface area contributed by atoms with E-state index in [4.69, 9.17) is 21.1 Å². The minimum absolute atomic E-state index is 0.0214. The summed E-state index contributed by atoms with van der Waals surface area (Å²) in [6.45, 7) is 3.92. The summed E-state index contributed by atoms with van der Waals surface area (Å²) >= 11 is 6.09. The highest BCUT2D eigenvalue weighted by Crippen LogP contribution is 2.32. The Hall–Kier alpha value is -1.30. The van der Waals surface area contributed by atoms with E-state index in [1.807, 2.05) is 0 Å². The topological polar surface area (TPSA) is 65.0 Å². The SMILES string of the molecule is COC(=O)C(O)c1ccc(OCC2(C)COC2)c(Cl)c1. The van der Waals surface area contributed by atoms with E-state index >= 15 is 0 Å². The van der Waals surface area contributed by atoms with Crippen LogP contribution in [0.2, 0.25) is 5.02 Å². The van der Waals surface area contributed by atoms with Crippen LogP contribution in [0.1, 0.15) is 18.6 Å². The Morgan fingerprint density at radius 3 is 2.75 bits per heavy atom. The van der Waals surface area contributed by atoms with Crippen molar-refractivity contribution in [1.82, 2.24) is 0 Å². The molecule has 20 heavy (non-hydrogen) atoms. The molecule has 1 unspecified atom stereocenters. The number of carbonyl (C=O) groups excluding carboxylic acids is 1. The average molecular weight is 301 g/mol. The molecule has 0 aliphatic carbocycles. The summed E-state index contributed by atoms with van der Waals surface area (Å²) in [6.07, 6.45) is -1.34. The molecule has 1 atom stereocenters. The molecule has 0 aromatic heterocycles. The smallest absolute Gasteiger partial charge is 0.339 e. The lowest BCUT2D eigenvalue weighted by Gasteiger charge is -2.37. The summed E-state index contributed by atoms with van der Waals surface area (Å²) in [5.41, 5.74) is 0.389. The van der Waals surface area contributed by atoms with E-state index in [2.05, 4.69) is 11.7 Å². The minimum atomic E-state index is -1.34. The van der Waals surface area contributed by atoms with E-state index in [0.29, 0.717) is 36.2 Å². The van der Waals surface area contributed by atoms with Gasteiger partial charge in [0.15, 0.2) is 6.10 Å². The van der Waals surface area contributed by atoms with Gasteiger partial charge in [-0.1, -0.05) is 24.6 Å². The van der Waals surface area contributed by atoms with Crippen LogP contribution in [0.15, 0.2) is 18.2 Å². The predicted molar refractivity (Wildman–Crippen MR) is 72.8 cm³/mol. The van der Waals surface area contributed by atoms with Crippen LogP contribution in [0, 0.1) is 5.41 Å². The van der Waals surface area contributed by atoms with Gasteiger partial charge in [0.1, 0.15) is 5.75 Å². The normalized spacial score (nSPS) is 18.0. The lowest BCUT2D eigenvalue weighted by molar-refractivity contribution is -0.150. The van der Waals surface area contributed by atoms with Gasteiger partial charge in [0.05, 0.1) is 32.0 Å². The van der Waals surface area contributed by atoms with Gasteiger partial charge in [-0.15, -0.1) is 0 Å². The van der Waals surface area contributed by atoms with Crippen molar-refractivity contribution < 1.29 is 24.1 Å². The highest BCUT2D eigenvalue weighted by atomic mass is 35.5. The number of benzene rings is 1. The van der Waals surface area contributed by atoms with Gasteiger partial charge in [0.2, 0.25) is 0 Å². The summed E-state index contributed by atoms with van der Waals surface area (Å²) in [4.78, 5) is 11.3. The molecule has 1 saturated heterocycles. The maximum Gasteiger partial charge on any atom is 0.339 e. The number of carbonyl (C=O) groups is 1. The molecule has 0 spiro atoms. The number of halogens is 1. The quantitative estimate of drug-likeness (QED) is 0.842. The third-order valence-electron chi connectivity index (χ3n) is 3.17. The molecule has 1 aliphatic rings. The molecule has 1 heterocycles. The number of esters is 1. The first-order valence-electron chi connectivity index (χ1n) is 6.21. The van der Waals surface area contributed by atoms with Gasteiger partial charge >= 0.3 is 5.97 Å². The molecular weight excluding hydrogens is 284 g/mol. The first-order valence-corrected chi connectivity index (χ1v) is 6.59. The molecule has 1 aromatic rings. The summed E-state index contributed by atoms with van der Waals surface area (Å²) in [7, 11) is 1.21. The number of methoxy groups -OCH3 is 1. The fourth-order valence-corrected chi connectivity index (χ4v) is 2.08. The Balaban J connectivity index is 2.03. The molecular formula is C14H17ClO5. The van der Waals surface area contributed by atoms with Crippen LogP contribution >= 0.6 is 11.6 Å². The first-order chi connectivity index (χ1) is 9.45. The summed E-state index contributed by atoms with van der Waals surface area (Å²) in [5, 5.41) is 10.1. The molecule has 1 fully saturated rings. The Morgan fingerprint density at radius 2 is 2.25 bits per heavy atom. The average Bonchev–Trinajstić information content (AvgIpc) is 2.42. The molecule has 6 heteroatoms. The standard InChI is InChI=1S/C14H17ClO5/c1-14(6-19-7-14)8-20-11-4-3-9(5-10(11)15)12(16)13(17)18-2/h3-5,12,16H,6-8H2,1-2H3. The molecule has 1 aliphatic heterocycles. The van der Waals surface area contributed by atoms with Crippen LogP contribution < -0.4 is 4.74 Å². The van der Waals surface area contributed by atoms with E-state index < -0.39 is 12.1 Å². The molecule has 5 nitrogen and oxygen atoms in total. The largest absolute Gasteiger partial charge is 0.491 e. The summed E-state index contributed by atoms with van der Waals surface area (Å²) in [6, 6.07) is 4.72. The number of hydrogen-bond acceptors (Lipinski definition) is 5. The van der Waals surface area contributed by atoms with Crippen LogP contribution in [0.25, 0.3) is 0 Å². The lowest BCUT2D eigenvalue weighted by atomic mass is 9.90. The zero-order valence-electron chi connectivity index (χ0n) is 11.4. The second-order valence-corrected chi connectivity index (χ2v) is 5.61. The maximum atomic E-state index is 11.3. The maximum absolute atomic E-state index is 11.3. The fraction of sp³-hybridized carbons (Fsp3) is 0.500. The third kappa shape index (κ3) is 3.23. The second kappa shape index (κ2) is 5.99. The fourth-order valence-electron chi connectivity index (χ4n) is 1.84. The van der Waals surface area contributed by atoms with Crippen molar-refractivity contribution in [2.75, 3.05) is 26.9 Å². The number of aliphatic hydroxyl groups is 1. The molecule has 2 rings (SSSR count). The van der Waals surface area contributed by atoms with Gasteiger partial charge in [-0.3, -0.25) is 0 Å². The van der Waals surface area contributed by atoms with E-state index in [9.17, 15) is 9.90 Å². The molecule has 1 aromatic carbocycles. The van der Waals surface area contributed by atoms with E-state index in [0.717, 1.165) is 0 Å². The predicted octanol–water partition coefficient (Wildman–Crippen LogP) is 1.96. The number of aliphatic hydroxyl groups excluding tert-OH is 1. The van der Waals surface area contributed by atoms with E-state index in [-0.39, 0.29) is 5.41 Å². The number of ether oxygens (including phenoxy) is 3. The summed E-state index contributed by atoms with van der Waals surface area (Å²) < 4.78 is 15.3. The Morgan fingerprint density at radius 1 is 1.55 bits per heavy atom. The van der Waals surface area contributed by atoms with Crippen LogP contribution in [0.3, 0.4) is 0 Å². The summed E-state index contributed by atoms with van der Waals surface area (Å²) in [5.74, 6) is -0.213. The monoisotopic (exact) mass is 300 g/mol. The van der Waals surface area contributed by atoms with Crippen LogP contribution in [0.5, 0.6) is 5.75 Å². The number of rotatable bonds is 5. The molecule has 0 saturated carbocycles. The zero-order valence-corrected chi connectivity index (χ0v) is 12.1. The van der Waals surface area contributed by atoms with Gasteiger partial charge in [-0.2, -0.15) is 0 Å². The van der Waals surface area contributed by atoms with Gasteiger partial charge in [-0.05, 0) is 17.7 Å². The van der Waals surface area contributed by atoms with Crippen LogP contribution in [0.4, 0.5) is 0 Å². The van der Waals surface area contributed by atoms with Crippen molar-refractivity contribution in [2.45, 2.75) is 13.0 Å². The van der Waals surface area contributed by atoms with Crippen molar-refractivity contribution in [3.8, 4) is 5.75 Å². The second-order valence-electron chi connectivity index (χ2n) is 5.21. The van der Waals surface area contributed by atoms with Crippen molar-refractivity contribution >= 4 is 17.6 Å².